The summed E-state index contributed by atoms with van der Waals surface area (Å²) in [5, 5.41) is 0. The zero-order chi connectivity index (χ0) is 16.7. The Morgan fingerprint density at radius 2 is 2.09 bits per heavy atom. The zero-order valence-corrected chi connectivity index (χ0v) is 14.0. The van der Waals surface area contributed by atoms with Crippen LogP contribution in [0.4, 0.5) is 0 Å². The molecule has 2 unspecified atom stereocenters. The topological polar surface area (TPSA) is 43.4 Å². The lowest BCUT2D eigenvalue weighted by Gasteiger charge is -2.13. The van der Waals surface area contributed by atoms with E-state index in [-0.39, 0.29) is 35.4 Å². The SMILES string of the molecule is C#CCC1=C(C)C(OC(=O)[C@H]2C(C=C(C)C)C2(C)C)CC1=O. The van der Waals surface area contributed by atoms with Gasteiger partial charge in [0, 0.05) is 12.0 Å². The van der Waals surface area contributed by atoms with Gasteiger partial charge in [0.25, 0.3) is 0 Å². The summed E-state index contributed by atoms with van der Waals surface area (Å²) in [6.07, 6.45) is 7.53. The van der Waals surface area contributed by atoms with Crippen molar-refractivity contribution in [2.75, 3.05) is 0 Å². The van der Waals surface area contributed by atoms with Gasteiger partial charge in [0.1, 0.15) is 6.10 Å². The summed E-state index contributed by atoms with van der Waals surface area (Å²) in [7, 11) is 0. The molecular formula is C19H24O3. The van der Waals surface area contributed by atoms with Crippen LogP contribution < -0.4 is 0 Å². The number of ether oxygens (including phenoxy) is 1. The summed E-state index contributed by atoms with van der Waals surface area (Å²) in [6, 6.07) is 0. The molecule has 1 fully saturated rings. The number of carbonyl (C=O) groups is 2. The van der Waals surface area contributed by atoms with Gasteiger partial charge in [0.2, 0.25) is 0 Å². The summed E-state index contributed by atoms with van der Waals surface area (Å²) < 4.78 is 5.63. The second-order valence-corrected chi connectivity index (χ2v) is 7.16. The predicted octanol–water partition coefficient (Wildman–Crippen LogP) is 3.45. The van der Waals surface area contributed by atoms with E-state index in [1.54, 1.807) is 0 Å². The molecule has 2 rings (SSSR count). The Balaban J connectivity index is 2.07. The molecule has 0 spiro atoms. The van der Waals surface area contributed by atoms with Crippen molar-refractivity contribution in [2.24, 2.45) is 17.3 Å². The molecule has 0 bridgehead atoms. The molecule has 1 saturated carbocycles. The Morgan fingerprint density at radius 1 is 1.45 bits per heavy atom. The van der Waals surface area contributed by atoms with E-state index in [1.807, 2.05) is 20.8 Å². The molecule has 3 atom stereocenters. The van der Waals surface area contributed by atoms with E-state index in [1.165, 1.54) is 5.57 Å². The van der Waals surface area contributed by atoms with Crippen LogP contribution in [-0.2, 0) is 14.3 Å². The normalized spacial score (nSPS) is 29.1. The first-order valence-corrected chi connectivity index (χ1v) is 7.72. The maximum Gasteiger partial charge on any atom is 0.310 e. The first-order chi connectivity index (χ1) is 10.2. The van der Waals surface area contributed by atoms with Crippen LogP contribution in [0.5, 0.6) is 0 Å². The van der Waals surface area contributed by atoms with Crippen LogP contribution in [0.25, 0.3) is 0 Å². The van der Waals surface area contributed by atoms with E-state index in [4.69, 9.17) is 11.2 Å². The van der Waals surface area contributed by atoms with Gasteiger partial charge in [0.15, 0.2) is 5.78 Å². The van der Waals surface area contributed by atoms with E-state index in [0.29, 0.717) is 12.0 Å². The molecule has 2 aliphatic rings. The fourth-order valence-corrected chi connectivity index (χ4v) is 3.34. The first kappa shape index (κ1) is 16.5. The fraction of sp³-hybridized carbons (Fsp3) is 0.579. The molecule has 0 radical (unpaired) electrons. The predicted molar refractivity (Wildman–Crippen MR) is 85.8 cm³/mol. The summed E-state index contributed by atoms with van der Waals surface area (Å²) >= 11 is 0. The average Bonchev–Trinajstić information content (AvgIpc) is 2.83. The third kappa shape index (κ3) is 2.88. The van der Waals surface area contributed by atoms with Gasteiger partial charge in [-0.1, -0.05) is 25.5 Å². The maximum absolute atomic E-state index is 12.5. The minimum absolute atomic E-state index is 0.00385. The number of esters is 1. The average molecular weight is 300 g/mol. The zero-order valence-electron chi connectivity index (χ0n) is 14.0. The standard InChI is InChI=1S/C19H24O3/c1-7-8-13-12(4)16(10-15(13)20)22-18(21)17-14(9-11(2)3)19(17,5)6/h1,9,14,16-17H,8,10H2,2-6H3/t14?,16?,17-/m1/s1. The Labute approximate surface area is 132 Å². The summed E-state index contributed by atoms with van der Waals surface area (Å²) in [6.45, 7) is 10.1. The van der Waals surface area contributed by atoms with Gasteiger partial charge in [-0.3, -0.25) is 9.59 Å². The van der Waals surface area contributed by atoms with Crippen molar-refractivity contribution in [1.29, 1.82) is 0 Å². The van der Waals surface area contributed by atoms with Crippen LogP contribution in [0.15, 0.2) is 22.8 Å². The van der Waals surface area contributed by atoms with Crippen LogP contribution >= 0.6 is 0 Å². The van der Waals surface area contributed by atoms with E-state index in [0.717, 1.165) is 5.57 Å². The number of hydrogen-bond donors (Lipinski definition) is 0. The van der Waals surface area contributed by atoms with Crippen molar-refractivity contribution in [3.8, 4) is 12.3 Å². The van der Waals surface area contributed by atoms with Gasteiger partial charge in [-0.05, 0) is 37.7 Å². The molecule has 118 valence electrons. The quantitative estimate of drug-likeness (QED) is 0.454. The van der Waals surface area contributed by atoms with Gasteiger partial charge < -0.3 is 4.74 Å². The minimum atomic E-state index is -0.438. The number of terminal acetylenes is 1. The Hall–Kier alpha value is -1.82. The number of allylic oxidation sites excluding steroid dienone is 3. The molecule has 3 heteroatoms. The van der Waals surface area contributed by atoms with Crippen LogP contribution in [0, 0.1) is 29.6 Å². The van der Waals surface area contributed by atoms with Crippen molar-refractivity contribution in [3.05, 3.63) is 22.8 Å². The van der Waals surface area contributed by atoms with Crippen LogP contribution in [0.1, 0.15) is 47.5 Å². The number of hydrogen-bond acceptors (Lipinski definition) is 3. The van der Waals surface area contributed by atoms with E-state index in [9.17, 15) is 9.59 Å². The van der Waals surface area contributed by atoms with Gasteiger partial charge in [-0.15, -0.1) is 12.3 Å². The fourth-order valence-electron chi connectivity index (χ4n) is 3.34. The molecule has 0 amide bonds. The third-order valence-electron chi connectivity index (χ3n) is 4.88. The highest BCUT2D eigenvalue weighted by atomic mass is 16.5. The number of rotatable bonds is 4. The smallest absolute Gasteiger partial charge is 0.310 e. The van der Waals surface area contributed by atoms with E-state index in [2.05, 4.69) is 25.8 Å². The highest BCUT2D eigenvalue weighted by Gasteiger charge is 2.61. The van der Waals surface area contributed by atoms with Crippen molar-refractivity contribution in [1.82, 2.24) is 0 Å². The molecule has 0 aromatic heterocycles. The van der Waals surface area contributed by atoms with Crippen molar-refractivity contribution in [2.45, 2.75) is 53.6 Å². The van der Waals surface area contributed by atoms with Crippen LogP contribution in [0.2, 0.25) is 0 Å². The van der Waals surface area contributed by atoms with E-state index < -0.39 is 6.10 Å². The molecule has 3 nitrogen and oxygen atoms in total. The lowest BCUT2D eigenvalue weighted by Crippen LogP contribution is -2.20. The monoisotopic (exact) mass is 300 g/mol. The molecule has 0 aromatic rings. The Kier molecular flexibility index (Phi) is 4.33. The van der Waals surface area contributed by atoms with Gasteiger partial charge >= 0.3 is 5.97 Å². The maximum atomic E-state index is 12.5. The summed E-state index contributed by atoms with van der Waals surface area (Å²) in [4.78, 5) is 24.4. The van der Waals surface area contributed by atoms with Crippen molar-refractivity contribution < 1.29 is 14.3 Å². The van der Waals surface area contributed by atoms with Crippen molar-refractivity contribution in [3.63, 3.8) is 0 Å². The van der Waals surface area contributed by atoms with E-state index >= 15 is 0 Å². The first-order valence-electron chi connectivity index (χ1n) is 7.72. The molecule has 0 saturated heterocycles. The molecular weight excluding hydrogens is 276 g/mol. The van der Waals surface area contributed by atoms with Gasteiger partial charge in [-0.25, -0.2) is 0 Å². The largest absolute Gasteiger partial charge is 0.457 e. The number of Topliss-reactive ketones (excluding diaryl/α,β-unsaturated/α-hetero) is 1. The van der Waals surface area contributed by atoms with Crippen molar-refractivity contribution >= 4 is 11.8 Å². The van der Waals surface area contributed by atoms with Crippen LogP contribution in [0.3, 0.4) is 0 Å². The molecule has 0 N–H and O–H groups in total. The second kappa shape index (κ2) is 5.76. The second-order valence-electron chi connectivity index (χ2n) is 7.16. The summed E-state index contributed by atoms with van der Waals surface area (Å²) in [5.41, 5.74) is 2.58. The minimum Gasteiger partial charge on any atom is -0.457 e. The lowest BCUT2D eigenvalue weighted by molar-refractivity contribution is -0.150. The third-order valence-corrected chi connectivity index (χ3v) is 4.88. The van der Waals surface area contributed by atoms with Gasteiger partial charge in [0.05, 0.1) is 12.3 Å². The highest BCUT2D eigenvalue weighted by Crippen LogP contribution is 2.60. The summed E-state index contributed by atoms with van der Waals surface area (Å²) in [5.74, 6) is 2.39. The molecule has 0 heterocycles. The molecule has 0 aliphatic heterocycles. The molecule has 22 heavy (non-hydrogen) atoms. The Bertz CT molecular complexity index is 609. The lowest BCUT2D eigenvalue weighted by atomic mass is 10.1. The highest BCUT2D eigenvalue weighted by molar-refractivity contribution is 6.00. The van der Waals surface area contributed by atoms with Crippen LogP contribution in [-0.4, -0.2) is 17.9 Å². The Morgan fingerprint density at radius 3 is 2.64 bits per heavy atom. The number of ketones is 1. The number of carbonyl (C=O) groups excluding carboxylic acids is 2. The molecule has 0 aromatic carbocycles. The van der Waals surface area contributed by atoms with Gasteiger partial charge in [-0.2, -0.15) is 0 Å². The molecule has 2 aliphatic carbocycles.